The maximum Gasteiger partial charge on any atom is 0.317 e. The van der Waals surface area contributed by atoms with E-state index >= 15 is 0 Å². The van der Waals surface area contributed by atoms with Gasteiger partial charge >= 0.3 is 6.03 Å². The molecule has 3 rings (SSSR count). The second-order valence-electron chi connectivity index (χ2n) is 5.84. The minimum atomic E-state index is 0.103. The number of nitrogens with zero attached hydrogens (tertiary/aromatic N) is 2. The summed E-state index contributed by atoms with van der Waals surface area (Å²) in [6.45, 7) is 5.80. The molecule has 1 saturated heterocycles. The van der Waals surface area contributed by atoms with Crippen LogP contribution in [0.3, 0.4) is 0 Å². The van der Waals surface area contributed by atoms with E-state index in [0.717, 1.165) is 39.0 Å². The van der Waals surface area contributed by atoms with E-state index in [2.05, 4.69) is 46.1 Å². The summed E-state index contributed by atoms with van der Waals surface area (Å²) in [4.78, 5) is 16.6. The first-order valence-corrected chi connectivity index (χ1v) is 8.65. The fourth-order valence-electron chi connectivity index (χ4n) is 3.04. The standard InChI is InChI=1S/C16H23N3OS/c1-13(14-6-11-21-12-14)18-7-9-19(10-8-18)16(20)17-15-4-2-3-5-15/h2-3,6,11-13,15H,4-5,7-10H2,1H3,(H,17,20). The van der Waals surface area contributed by atoms with E-state index in [1.54, 1.807) is 11.3 Å². The third kappa shape index (κ3) is 3.47. The quantitative estimate of drug-likeness (QED) is 0.872. The van der Waals surface area contributed by atoms with E-state index in [-0.39, 0.29) is 6.03 Å². The molecule has 0 radical (unpaired) electrons. The van der Waals surface area contributed by atoms with Gasteiger partial charge in [0.2, 0.25) is 0 Å². The Morgan fingerprint density at radius 3 is 2.62 bits per heavy atom. The van der Waals surface area contributed by atoms with Crippen LogP contribution in [0.2, 0.25) is 0 Å². The molecule has 2 aliphatic rings. The summed E-state index contributed by atoms with van der Waals surface area (Å²) >= 11 is 1.75. The SMILES string of the molecule is CC(c1ccsc1)N1CCN(C(=O)NC2CC=CC2)CC1. The van der Waals surface area contributed by atoms with Gasteiger partial charge in [0.25, 0.3) is 0 Å². The predicted molar refractivity (Wildman–Crippen MR) is 86.6 cm³/mol. The van der Waals surface area contributed by atoms with E-state index < -0.39 is 0 Å². The molecule has 5 heteroatoms. The lowest BCUT2D eigenvalue weighted by Gasteiger charge is -2.38. The fraction of sp³-hybridized carbons (Fsp3) is 0.562. The second-order valence-corrected chi connectivity index (χ2v) is 6.62. The van der Waals surface area contributed by atoms with Crippen molar-refractivity contribution in [3.8, 4) is 0 Å². The highest BCUT2D eigenvalue weighted by Gasteiger charge is 2.26. The van der Waals surface area contributed by atoms with Crippen molar-refractivity contribution in [2.75, 3.05) is 26.2 Å². The van der Waals surface area contributed by atoms with Gasteiger partial charge in [0, 0.05) is 38.3 Å². The van der Waals surface area contributed by atoms with Gasteiger partial charge < -0.3 is 10.2 Å². The molecule has 1 aromatic rings. The monoisotopic (exact) mass is 305 g/mol. The maximum absolute atomic E-state index is 12.2. The molecule has 1 atom stereocenters. The minimum Gasteiger partial charge on any atom is -0.335 e. The molecule has 1 unspecified atom stereocenters. The Balaban J connectivity index is 1.47. The van der Waals surface area contributed by atoms with Crippen LogP contribution in [0.1, 0.15) is 31.4 Å². The Labute approximate surface area is 130 Å². The lowest BCUT2D eigenvalue weighted by atomic mass is 10.1. The van der Waals surface area contributed by atoms with Crippen LogP contribution in [-0.4, -0.2) is 48.1 Å². The van der Waals surface area contributed by atoms with Crippen molar-refractivity contribution in [1.29, 1.82) is 0 Å². The second kappa shape index (κ2) is 6.62. The van der Waals surface area contributed by atoms with Gasteiger partial charge in [-0.1, -0.05) is 12.2 Å². The Kier molecular flexibility index (Phi) is 4.60. The van der Waals surface area contributed by atoms with Gasteiger partial charge in [-0.15, -0.1) is 0 Å². The van der Waals surface area contributed by atoms with E-state index in [0.29, 0.717) is 12.1 Å². The van der Waals surface area contributed by atoms with Crippen molar-refractivity contribution in [1.82, 2.24) is 15.1 Å². The highest BCUT2D eigenvalue weighted by atomic mass is 32.1. The van der Waals surface area contributed by atoms with Crippen molar-refractivity contribution in [3.05, 3.63) is 34.5 Å². The summed E-state index contributed by atoms with van der Waals surface area (Å²) in [5, 5.41) is 7.48. The molecule has 0 aromatic carbocycles. The number of hydrogen-bond donors (Lipinski definition) is 1. The average molecular weight is 305 g/mol. The summed E-state index contributed by atoms with van der Waals surface area (Å²) < 4.78 is 0. The molecule has 0 spiro atoms. The molecule has 1 fully saturated rings. The van der Waals surface area contributed by atoms with Gasteiger partial charge in [0.05, 0.1) is 0 Å². The molecule has 1 aromatic heterocycles. The number of urea groups is 1. The van der Waals surface area contributed by atoms with Crippen LogP contribution in [0.25, 0.3) is 0 Å². The highest BCUT2D eigenvalue weighted by Crippen LogP contribution is 2.23. The van der Waals surface area contributed by atoms with Crippen LogP contribution < -0.4 is 5.32 Å². The zero-order chi connectivity index (χ0) is 14.7. The first kappa shape index (κ1) is 14.6. The number of rotatable bonds is 3. The lowest BCUT2D eigenvalue weighted by Crippen LogP contribution is -2.53. The first-order chi connectivity index (χ1) is 10.2. The Morgan fingerprint density at radius 1 is 1.29 bits per heavy atom. The maximum atomic E-state index is 12.2. The van der Waals surface area contributed by atoms with E-state index in [9.17, 15) is 4.79 Å². The summed E-state index contributed by atoms with van der Waals surface area (Å²) in [5.41, 5.74) is 1.38. The van der Waals surface area contributed by atoms with Crippen molar-refractivity contribution in [2.45, 2.75) is 31.8 Å². The summed E-state index contributed by atoms with van der Waals surface area (Å²) in [7, 11) is 0. The molecule has 21 heavy (non-hydrogen) atoms. The lowest BCUT2D eigenvalue weighted by molar-refractivity contribution is 0.113. The molecule has 2 amide bonds. The number of nitrogens with one attached hydrogen (secondary N) is 1. The smallest absolute Gasteiger partial charge is 0.317 e. The van der Waals surface area contributed by atoms with Crippen molar-refractivity contribution in [3.63, 3.8) is 0 Å². The number of piperazine rings is 1. The van der Waals surface area contributed by atoms with Gasteiger partial charge in [-0.25, -0.2) is 4.79 Å². The zero-order valence-corrected chi connectivity index (χ0v) is 13.3. The summed E-state index contributed by atoms with van der Waals surface area (Å²) in [5.74, 6) is 0. The molecular weight excluding hydrogens is 282 g/mol. The third-order valence-corrected chi connectivity index (χ3v) is 5.21. The Hall–Kier alpha value is -1.33. The molecule has 0 saturated carbocycles. The van der Waals surface area contributed by atoms with Gasteiger partial charge in [0.1, 0.15) is 0 Å². The van der Waals surface area contributed by atoms with Gasteiger partial charge in [-0.3, -0.25) is 4.90 Å². The van der Waals surface area contributed by atoms with Crippen molar-refractivity contribution in [2.24, 2.45) is 0 Å². The largest absolute Gasteiger partial charge is 0.335 e. The number of amides is 2. The van der Waals surface area contributed by atoms with Crippen LogP contribution in [0.15, 0.2) is 29.0 Å². The Bertz CT molecular complexity index is 484. The Morgan fingerprint density at radius 2 is 2.00 bits per heavy atom. The van der Waals surface area contributed by atoms with Gasteiger partial charge in [-0.05, 0) is 42.2 Å². The molecular formula is C16H23N3OS. The summed E-state index contributed by atoms with van der Waals surface area (Å²) in [6.07, 6.45) is 6.23. The van der Waals surface area contributed by atoms with E-state index in [4.69, 9.17) is 0 Å². The number of thiophene rings is 1. The van der Waals surface area contributed by atoms with Crippen LogP contribution >= 0.6 is 11.3 Å². The van der Waals surface area contributed by atoms with Crippen molar-refractivity contribution < 1.29 is 4.79 Å². The molecule has 114 valence electrons. The molecule has 0 bridgehead atoms. The zero-order valence-electron chi connectivity index (χ0n) is 12.5. The van der Waals surface area contributed by atoms with Crippen LogP contribution in [0, 0.1) is 0 Å². The van der Waals surface area contributed by atoms with Crippen LogP contribution in [0.4, 0.5) is 4.79 Å². The van der Waals surface area contributed by atoms with Gasteiger partial charge in [-0.2, -0.15) is 11.3 Å². The molecule has 4 nitrogen and oxygen atoms in total. The first-order valence-electron chi connectivity index (χ1n) is 7.70. The summed E-state index contributed by atoms with van der Waals surface area (Å²) in [6, 6.07) is 3.05. The average Bonchev–Trinajstić information content (AvgIpc) is 3.20. The van der Waals surface area contributed by atoms with Crippen LogP contribution in [0.5, 0.6) is 0 Å². The number of hydrogen-bond acceptors (Lipinski definition) is 3. The van der Waals surface area contributed by atoms with E-state index in [1.165, 1.54) is 5.56 Å². The van der Waals surface area contributed by atoms with E-state index in [1.807, 2.05) is 4.90 Å². The molecule has 1 aliphatic heterocycles. The highest BCUT2D eigenvalue weighted by molar-refractivity contribution is 7.07. The predicted octanol–water partition coefficient (Wildman–Crippen LogP) is 2.85. The number of carbonyl (C=O) groups excluding carboxylic acids is 1. The minimum absolute atomic E-state index is 0.103. The molecule has 2 heterocycles. The third-order valence-electron chi connectivity index (χ3n) is 4.51. The molecule has 1 aliphatic carbocycles. The number of carbonyl (C=O) groups is 1. The van der Waals surface area contributed by atoms with Crippen molar-refractivity contribution >= 4 is 17.4 Å². The van der Waals surface area contributed by atoms with Crippen LogP contribution in [-0.2, 0) is 0 Å². The normalized spacial score (nSPS) is 21.7. The van der Waals surface area contributed by atoms with Gasteiger partial charge in [0.15, 0.2) is 0 Å². The molecule has 1 N–H and O–H groups in total. The topological polar surface area (TPSA) is 35.6 Å². The fourth-order valence-corrected chi connectivity index (χ4v) is 3.78.